The van der Waals surface area contributed by atoms with Gasteiger partial charge in [0.25, 0.3) is 0 Å². The lowest BCUT2D eigenvalue weighted by Crippen LogP contribution is -2.07. The van der Waals surface area contributed by atoms with Crippen molar-refractivity contribution in [3.05, 3.63) is 48.5 Å². The van der Waals surface area contributed by atoms with Gasteiger partial charge in [-0.05, 0) is 53.8 Å². The Kier molecular flexibility index (Phi) is 4.34. The molecule has 0 N–H and O–H groups in total. The van der Waals surface area contributed by atoms with Crippen LogP contribution in [0, 0.1) is 0 Å². The van der Waals surface area contributed by atoms with Crippen LogP contribution in [0.15, 0.2) is 48.5 Å². The van der Waals surface area contributed by atoms with E-state index in [1.807, 2.05) is 11.3 Å². The van der Waals surface area contributed by atoms with E-state index < -0.39 is 0 Å². The molecule has 0 saturated carbocycles. The largest absolute Gasteiger partial charge is 0.494 e. The molecule has 0 atom stereocenters. The molecule has 3 aromatic rings. The summed E-state index contributed by atoms with van der Waals surface area (Å²) in [5.74, 6) is 0.964. The van der Waals surface area contributed by atoms with Gasteiger partial charge in [0.1, 0.15) is 5.75 Å². The molecule has 0 fully saturated rings. The van der Waals surface area contributed by atoms with Crippen molar-refractivity contribution in [2.75, 3.05) is 25.6 Å². The third-order valence-electron chi connectivity index (χ3n) is 3.63. The maximum Gasteiger partial charge on any atom is 0.120 e. The smallest absolute Gasteiger partial charge is 0.120 e. The van der Waals surface area contributed by atoms with Crippen LogP contribution in [0.25, 0.3) is 20.5 Å². The van der Waals surface area contributed by atoms with Gasteiger partial charge in [-0.25, -0.2) is 0 Å². The van der Waals surface area contributed by atoms with Crippen LogP contribution in [0.1, 0.15) is 13.3 Å². The Morgan fingerprint density at radius 2 is 1.77 bits per heavy atom. The standard InChI is InChI=1S/C19H21NOS/c1-4-11-21-17-10-7-15-12-18(22-19(15)13-17)14-5-8-16(9-6-14)20(2)3/h5-10,12-13H,4,11H2,1-3H3. The zero-order valence-corrected chi connectivity index (χ0v) is 14.1. The molecule has 0 aliphatic heterocycles. The molecule has 0 saturated heterocycles. The number of hydrogen-bond acceptors (Lipinski definition) is 3. The number of benzene rings is 2. The minimum Gasteiger partial charge on any atom is -0.494 e. The second kappa shape index (κ2) is 6.41. The molecule has 2 nitrogen and oxygen atoms in total. The van der Waals surface area contributed by atoms with E-state index in [1.54, 1.807) is 0 Å². The molecule has 0 bridgehead atoms. The molecule has 3 heteroatoms. The number of nitrogens with zero attached hydrogens (tertiary/aromatic N) is 1. The van der Waals surface area contributed by atoms with Gasteiger partial charge >= 0.3 is 0 Å². The fraction of sp³-hybridized carbons (Fsp3) is 0.263. The lowest BCUT2D eigenvalue weighted by molar-refractivity contribution is 0.318. The van der Waals surface area contributed by atoms with Crippen LogP contribution in [0.4, 0.5) is 5.69 Å². The van der Waals surface area contributed by atoms with Crippen LogP contribution < -0.4 is 9.64 Å². The van der Waals surface area contributed by atoms with Gasteiger partial charge in [-0.1, -0.05) is 19.1 Å². The summed E-state index contributed by atoms with van der Waals surface area (Å²) in [5, 5.41) is 1.28. The van der Waals surface area contributed by atoms with Crippen LogP contribution in [0.2, 0.25) is 0 Å². The van der Waals surface area contributed by atoms with Crippen molar-refractivity contribution < 1.29 is 4.74 Å². The summed E-state index contributed by atoms with van der Waals surface area (Å²) in [7, 11) is 4.12. The molecule has 1 heterocycles. The SMILES string of the molecule is CCCOc1ccc2cc(-c3ccc(N(C)C)cc3)sc2c1. The predicted octanol–water partition coefficient (Wildman–Crippen LogP) is 5.42. The molecule has 0 aliphatic carbocycles. The summed E-state index contributed by atoms with van der Waals surface area (Å²) in [5.41, 5.74) is 2.49. The third-order valence-corrected chi connectivity index (χ3v) is 4.78. The van der Waals surface area contributed by atoms with E-state index in [2.05, 4.69) is 74.4 Å². The van der Waals surface area contributed by atoms with Gasteiger partial charge < -0.3 is 9.64 Å². The average molecular weight is 311 g/mol. The van der Waals surface area contributed by atoms with Crippen LogP contribution in [-0.4, -0.2) is 20.7 Å². The van der Waals surface area contributed by atoms with E-state index in [-0.39, 0.29) is 0 Å². The molecule has 2 aromatic carbocycles. The fourth-order valence-electron chi connectivity index (χ4n) is 2.39. The second-order valence-electron chi connectivity index (χ2n) is 5.60. The van der Waals surface area contributed by atoms with Crippen molar-refractivity contribution in [2.45, 2.75) is 13.3 Å². The van der Waals surface area contributed by atoms with E-state index in [4.69, 9.17) is 4.74 Å². The summed E-state index contributed by atoms with van der Waals surface area (Å²) in [6.45, 7) is 2.90. The quantitative estimate of drug-likeness (QED) is 0.623. The van der Waals surface area contributed by atoms with Gasteiger partial charge in [0.05, 0.1) is 6.61 Å². The van der Waals surface area contributed by atoms with Gasteiger partial charge in [0.15, 0.2) is 0 Å². The summed E-state index contributed by atoms with van der Waals surface area (Å²) in [6, 6.07) is 17.3. The highest BCUT2D eigenvalue weighted by molar-refractivity contribution is 7.22. The molecule has 3 rings (SSSR count). The average Bonchev–Trinajstić information content (AvgIpc) is 2.96. The van der Waals surface area contributed by atoms with Crippen molar-refractivity contribution in [3.8, 4) is 16.2 Å². The van der Waals surface area contributed by atoms with Crippen molar-refractivity contribution in [1.29, 1.82) is 0 Å². The molecular formula is C19H21NOS. The first-order valence-corrected chi connectivity index (χ1v) is 8.43. The number of hydrogen-bond donors (Lipinski definition) is 0. The van der Waals surface area contributed by atoms with Crippen LogP contribution in [-0.2, 0) is 0 Å². The van der Waals surface area contributed by atoms with E-state index in [0.29, 0.717) is 0 Å². The first-order valence-electron chi connectivity index (χ1n) is 7.61. The molecule has 0 aliphatic rings. The molecule has 114 valence electrons. The Balaban J connectivity index is 1.90. The number of ether oxygens (including phenoxy) is 1. The van der Waals surface area contributed by atoms with Gasteiger partial charge in [-0.15, -0.1) is 11.3 Å². The van der Waals surface area contributed by atoms with Crippen molar-refractivity contribution in [2.24, 2.45) is 0 Å². The molecule has 1 aromatic heterocycles. The van der Waals surface area contributed by atoms with Gasteiger partial charge in [-0.2, -0.15) is 0 Å². The minimum atomic E-state index is 0.774. The zero-order chi connectivity index (χ0) is 15.5. The molecule has 0 amide bonds. The van der Waals surface area contributed by atoms with Gasteiger partial charge in [0.2, 0.25) is 0 Å². The van der Waals surface area contributed by atoms with Crippen molar-refractivity contribution in [1.82, 2.24) is 0 Å². The second-order valence-corrected chi connectivity index (χ2v) is 6.68. The normalized spacial score (nSPS) is 10.9. The first-order chi connectivity index (χ1) is 10.7. The molecule has 0 unspecified atom stereocenters. The summed E-state index contributed by atoms with van der Waals surface area (Å²) in [4.78, 5) is 3.42. The van der Waals surface area contributed by atoms with Crippen LogP contribution in [0.3, 0.4) is 0 Å². The maximum absolute atomic E-state index is 5.72. The molecule has 0 spiro atoms. The van der Waals surface area contributed by atoms with Crippen molar-refractivity contribution >= 4 is 27.1 Å². The lowest BCUT2D eigenvalue weighted by Gasteiger charge is -2.12. The highest BCUT2D eigenvalue weighted by Crippen LogP contribution is 2.35. The zero-order valence-electron chi connectivity index (χ0n) is 13.3. The maximum atomic E-state index is 5.72. The summed E-state index contributed by atoms with van der Waals surface area (Å²) in [6.07, 6.45) is 1.03. The highest BCUT2D eigenvalue weighted by atomic mass is 32.1. The Hall–Kier alpha value is -2.00. The van der Waals surface area contributed by atoms with Crippen LogP contribution in [0.5, 0.6) is 5.75 Å². The topological polar surface area (TPSA) is 12.5 Å². The van der Waals surface area contributed by atoms with Gasteiger partial charge in [-0.3, -0.25) is 0 Å². The van der Waals surface area contributed by atoms with E-state index >= 15 is 0 Å². The van der Waals surface area contributed by atoms with E-state index in [0.717, 1.165) is 18.8 Å². The fourth-order valence-corrected chi connectivity index (χ4v) is 3.48. The Labute approximate surface area is 136 Å². The highest BCUT2D eigenvalue weighted by Gasteiger charge is 2.06. The summed E-state index contributed by atoms with van der Waals surface area (Å²) >= 11 is 1.82. The van der Waals surface area contributed by atoms with Crippen LogP contribution >= 0.6 is 11.3 Å². The minimum absolute atomic E-state index is 0.774. The summed E-state index contributed by atoms with van der Waals surface area (Å²) < 4.78 is 7.00. The lowest BCUT2D eigenvalue weighted by atomic mass is 10.1. The Bertz CT molecular complexity index is 759. The van der Waals surface area contributed by atoms with E-state index in [9.17, 15) is 0 Å². The number of anilines is 1. The third kappa shape index (κ3) is 3.09. The van der Waals surface area contributed by atoms with Gasteiger partial charge in [0, 0.05) is 29.4 Å². The predicted molar refractivity (Wildman–Crippen MR) is 97.4 cm³/mol. The van der Waals surface area contributed by atoms with Crippen molar-refractivity contribution in [3.63, 3.8) is 0 Å². The monoisotopic (exact) mass is 311 g/mol. The first kappa shape index (κ1) is 14.9. The number of fused-ring (bicyclic) bond motifs is 1. The molecular weight excluding hydrogens is 290 g/mol. The Morgan fingerprint density at radius 1 is 1.00 bits per heavy atom. The van der Waals surface area contributed by atoms with E-state index in [1.165, 1.54) is 26.2 Å². The Morgan fingerprint density at radius 3 is 2.45 bits per heavy atom. The number of rotatable bonds is 5. The molecule has 0 radical (unpaired) electrons. The molecule has 22 heavy (non-hydrogen) atoms. The number of thiophene rings is 1.